The van der Waals surface area contributed by atoms with Gasteiger partial charge in [0, 0.05) is 32.6 Å². The second-order valence-corrected chi connectivity index (χ2v) is 12.1. The van der Waals surface area contributed by atoms with Crippen molar-refractivity contribution in [1.82, 2.24) is 9.13 Å². The Morgan fingerprint density at radius 3 is 2.02 bits per heavy atom. The number of furan rings is 1. The van der Waals surface area contributed by atoms with E-state index in [-0.39, 0.29) is 0 Å². The third kappa shape index (κ3) is 3.07. The number of para-hydroxylation sites is 4. The molecule has 0 saturated carbocycles. The highest BCUT2D eigenvalue weighted by Crippen LogP contribution is 2.46. The second kappa shape index (κ2) is 8.68. The molecule has 3 aromatic heterocycles. The molecule has 4 nitrogen and oxygen atoms in total. The Morgan fingerprint density at radius 1 is 0.435 bits per heavy atom. The van der Waals surface area contributed by atoms with Crippen molar-refractivity contribution in [1.29, 1.82) is 0 Å². The molecule has 0 N–H and O–H groups in total. The maximum absolute atomic E-state index is 6.54. The molecule has 11 rings (SSSR count). The number of rotatable bonds is 2. The van der Waals surface area contributed by atoms with Crippen LogP contribution in [-0.4, -0.2) is 9.13 Å². The fraction of sp³-hybridized carbons (Fsp3) is 0. The average Bonchev–Trinajstić information content (AvgIpc) is 3.77. The van der Waals surface area contributed by atoms with Gasteiger partial charge in [0.25, 0.3) is 0 Å². The van der Waals surface area contributed by atoms with Crippen LogP contribution in [0.5, 0.6) is 11.5 Å². The maximum Gasteiger partial charge on any atom is 0.152 e. The van der Waals surface area contributed by atoms with Gasteiger partial charge in [-0.15, -0.1) is 0 Å². The van der Waals surface area contributed by atoms with Crippen LogP contribution in [0.1, 0.15) is 0 Å². The molecule has 1 aliphatic rings. The van der Waals surface area contributed by atoms with Crippen molar-refractivity contribution in [3.05, 3.63) is 146 Å². The summed E-state index contributed by atoms with van der Waals surface area (Å²) in [5.41, 5.74) is 10.9. The molecule has 0 bridgehead atoms. The molecule has 0 fully saturated rings. The van der Waals surface area contributed by atoms with Crippen LogP contribution in [-0.2, 0) is 0 Å². The molecule has 4 heterocycles. The fourth-order valence-electron chi connectivity index (χ4n) is 7.71. The van der Waals surface area contributed by atoms with Crippen LogP contribution < -0.4 is 4.74 Å². The van der Waals surface area contributed by atoms with Gasteiger partial charge in [0.2, 0.25) is 0 Å². The Balaban J connectivity index is 1.05. The Bertz CT molecular complexity index is 2880. The number of aromatic nitrogens is 2. The number of ether oxygens (including phenoxy) is 1. The molecule has 0 saturated heterocycles. The SMILES string of the molecule is c1ccc2c(c1)oc1c2ccc2c1c1ccccc1n2-c1ccc(-c2ccc3c(c2)Oc2cccc4c5ccccc5n-3c24)cc1. The third-order valence-electron chi connectivity index (χ3n) is 9.72. The molecule has 214 valence electrons. The lowest BCUT2D eigenvalue weighted by Gasteiger charge is -2.21. The summed E-state index contributed by atoms with van der Waals surface area (Å²) in [4.78, 5) is 0. The first-order chi connectivity index (χ1) is 22.8. The van der Waals surface area contributed by atoms with Crippen molar-refractivity contribution >= 4 is 65.6 Å². The van der Waals surface area contributed by atoms with E-state index >= 15 is 0 Å². The Hall–Kier alpha value is -6.26. The highest BCUT2D eigenvalue weighted by atomic mass is 16.5. The fourth-order valence-corrected chi connectivity index (χ4v) is 7.71. The number of benzene rings is 7. The predicted molar refractivity (Wildman–Crippen MR) is 188 cm³/mol. The van der Waals surface area contributed by atoms with Gasteiger partial charge in [0.05, 0.1) is 33.1 Å². The quantitative estimate of drug-likeness (QED) is 0.201. The highest BCUT2D eigenvalue weighted by Gasteiger charge is 2.24. The van der Waals surface area contributed by atoms with Crippen LogP contribution in [0, 0.1) is 0 Å². The van der Waals surface area contributed by atoms with E-state index in [4.69, 9.17) is 9.15 Å². The van der Waals surface area contributed by atoms with Gasteiger partial charge in [-0.05, 0) is 71.8 Å². The molecule has 46 heavy (non-hydrogen) atoms. The maximum atomic E-state index is 6.54. The molecular weight excluding hydrogens is 564 g/mol. The molecule has 0 amide bonds. The first-order valence-electron chi connectivity index (χ1n) is 15.6. The minimum atomic E-state index is 0.861. The van der Waals surface area contributed by atoms with E-state index in [1.807, 2.05) is 12.1 Å². The zero-order valence-corrected chi connectivity index (χ0v) is 24.6. The first-order valence-corrected chi connectivity index (χ1v) is 15.6. The monoisotopic (exact) mass is 588 g/mol. The molecule has 0 radical (unpaired) electrons. The summed E-state index contributed by atoms with van der Waals surface area (Å²) >= 11 is 0. The summed E-state index contributed by atoms with van der Waals surface area (Å²) in [6.45, 7) is 0. The molecule has 10 aromatic rings. The highest BCUT2D eigenvalue weighted by molar-refractivity contribution is 6.23. The van der Waals surface area contributed by atoms with Crippen LogP contribution in [0.25, 0.3) is 88.1 Å². The molecule has 7 aromatic carbocycles. The summed E-state index contributed by atoms with van der Waals surface area (Å²) in [6.07, 6.45) is 0. The molecular formula is C42H24N2O2. The topological polar surface area (TPSA) is 32.2 Å². The number of nitrogens with zero attached hydrogens (tertiary/aromatic N) is 2. The molecule has 0 atom stereocenters. The van der Waals surface area contributed by atoms with Gasteiger partial charge in [0.15, 0.2) is 11.5 Å². The zero-order valence-electron chi connectivity index (χ0n) is 24.6. The van der Waals surface area contributed by atoms with Crippen LogP contribution in [0.4, 0.5) is 0 Å². The van der Waals surface area contributed by atoms with E-state index in [0.717, 1.165) is 77.9 Å². The lowest BCUT2D eigenvalue weighted by Crippen LogP contribution is -2.04. The van der Waals surface area contributed by atoms with Gasteiger partial charge in [-0.25, -0.2) is 0 Å². The minimum absolute atomic E-state index is 0.861. The van der Waals surface area contributed by atoms with Crippen molar-refractivity contribution < 1.29 is 9.15 Å². The van der Waals surface area contributed by atoms with Crippen molar-refractivity contribution in [3.8, 4) is 34.0 Å². The largest absolute Gasteiger partial charge is 0.455 e. The number of hydrogen-bond acceptors (Lipinski definition) is 2. The Morgan fingerprint density at radius 2 is 1.15 bits per heavy atom. The number of hydrogen-bond donors (Lipinski definition) is 0. The Labute approximate surface area is 262 Å². The van der Waals surface area contributed by atoms with Gasteiger partial charge in [-0.2, -0.15) is 0 Å². The smallest absolute Gasteiger partial charge is 0.152 e. The molecule has 4 heteroatoms. The zero-order chi connectivity index (χ0) is 29.9. The van der Waals surface area contributed by atoms with E-state index < -0.39 is 0 Å². The van der Waals surface area contributed by atoms with E-state index in [0.29, 0.717) is 0 Å². The van der Waals surface area contributed by atoms with E-state index in [2.05, 4.69) is 143 Å². The minimum Gasteiger partial charge on any atom is -0.455 e. The summed E-state index contributed by atoms with van der Waals surface area (Å²) in [7, 11) is 0. The summed E-state index contributed by atoms with van der Waals surface area (Å²) in [5, 5.41) is 7.07. The van der Waals surface area contributed by atoms with Crippen molar-refractivity contribution in [2.75, 3.05) is 0 Å². The van der Waals surface area contributed by atoms with E-state index in [1.165, 1.54) is 21.7 Å². The average molecular weight is 589 g/mol. The van der Waals surface area contributed by atoms with Crippen molar-refractivity contribution in [2.24, 2.45) is 0 Å². The lowest BCUT2D eigenvalue weighted by atomic mass is 10.0. The Kier molecular flexibility index (Phi) is 4.55. The van der Waals surface area contributed by atoms with Gasteiger partial charge in [-0.3, -0.25) is 0 Å². The van der Waals surface area contributed by atoms with Crippen LogP contribution >= 0.6 is 0 Å². The van der Waals surface area contributed by atoms with Gasteiger partial charge in [-0.1, -0.05) is 84.9 Å². The van der Waals surface area contributed by atoms with E-state index in [1.54, 1.807) is 0 Å². The van der Waals surface area contributed by atoms with Crippen LogP contribution in [0.15, 0.2) is 150 Å². The molecule has 0 aliphatic carbocycles. The summed E-state index contributed by atoms with van der Waals surface area (Å²) in [5.74, 6) is 1.75. The van der Waals surface area contributed by atoms with Gasteiger partial charge >= 0.3 is 0 Å². The van der Waals surface area contributed by atoms with Crippen molar-refractivity contribution in [3.63, 3.8) is 0 Å². The molecule has 0 unspecified atom stereocenters. The third-order valence-corrected chi connectivity index (χ3v) is 9.72. The predicted octanol–water partition coefficient (Wildman–Crippen LogP) is 11.6. The van der Waals surface area contributed by atoms with Crippen molar-refractivity contribution in [2.45, 2.75) is 0 Å². The lowest BCUT2D eigenvalue weighted by molar-refractivity contribution is 0.476. The van der Waals surface area contributed by atoms with E-state index in [9.17, 15) is 0 Å². The van der Waals surface area contributed by atoms with Gasteiger partial charge < -0.3 is 18.3 Å². The second-order valence-electron chi connectivity index (χ2n) is 12.1. The molecule has 0 spiro atoms. The standard InChI is InChI=1S/C42H24N2O2/c1-4-12-33-28(8-1)30-11-7-15-38-41(30)44(33)35-22-18-26(24-39(35)45-38)25-16-19-27(20-17-25)43-34-13-5-2-10-32(34)40-36(43)23-21-31-29-9-3-6-14-37(29)46-42(31)40/h1-24H. The first kappa shape index (κ1) is 24.1. The molecule has 1 aliphatic heterocycles. The summed E-state index contributed by atoms with van der Waals surface area (Å²) < 4.78 is 17.7. The normalized spacial score (nSPS) is 12.5. The van der Waals surface area contributed by atoms with Crippen LogP contribution in [0.3, 0.4) is 0 Å². The summed E-state index contributed by atoms with van der Waals surface area (Å²) in [6, 6.07) is 51.6. The number of fused-ring (bicyclic) bond motifs is 12. The van der Waals surface area contributed by atoms with Gasteiger partial charge in [0.1, 0.15) is 11.2 Å². The van der Waals surface area contributed by atoms with Crippen LogP contribution in [0.2, 0.25) is 0 Å².